The number of carbonyl (C=O) groups is 1. The molecule has 1 N–H and O–H groups in total. The van der Waals surface area contributed by atoms with Crippen molar-refractivity contribution >= 4 is 5.91 Å². The van der Waals surface area contributed by atoms with Crippen LogP contribution in [0.1, 0.15) is 61.8 Å². The lowest BCUT2D eigenvalue weighted by Gasteiger charge is -2.22. The van der Waals surface area contributed by atoms with E-state index in [4.69, 9.17) is 0 Å². The Morgan fingerprint density at radius 3 is 2.12 bits per heavy atom. The maximum absolute atomic E-state index is 13.5. The molecule has 3 rings (SSSR count). The second-order valence-electron chi connectivity index (χ2n) is 7.28. The van der Waals surface area contributed by atoms with Crippen LogP contribution in [0.4, 0.5) is 4.39 Å². The van der Waals surface area contributed by atoms with Gasteiger partial charge in [0.2, 0.25) is 5.91 Å². The highest BCUT2D eigenvalue weighted by molar-refractivity contribution is 5.80. The standard InChI is InChI=1S/C22H26FNO/c1-15(2)16-8-10-18(11-9-16)21(17-6-4-3-5-7-17)24-22(25)19-12-13-20(23)14-19/h3-11,15,19-21H,12-14H2,1-2H3,(H,24,25). The normalized spacial score (nSPS) is 21.3. The number of hydrogen-bond acceptors (Lipinski definition) is 1. The van der Waals surface area contributed by atoms with Gasteiger partial charge in [-0.1, -0.05) is 68.4 Å². The summed E-state index contributed by atoms with van der Waals surface area (Å²) < 4.78 is 13.5. The Hall–Kier alpha value is -2.16. The Bertz CT molecular complexity index is 696. The number of halogens is 1. The maximum Gasteiger partial charge on any atom is 0.223 e. The van der Waals surface area contributed by atoms with Crippen LogP contribution in [0.25, 0.3) is 0 Å². The first-order valence-electron chi connectivity index (χ1n) is 9.14. The van der Waals surface area contributed by atoms with E-state index in [0.29, 0.717) is 25.2 Å². The largest absolute Gasteiger partial charge is 0.345 e. The Labute approximate surface area is 149 Å². The van der Waals surface area contributed by atoms with Crippen LogP contribution in [0.15, 0.2) is 54.6 Å². The first-order valence-corrected chi connectivity index (χ1v) is 9.14. The molecule has 3 heteroatoms. The smallest absolute Gasteiger partial charge is 0.223 e. The summed E-state index contributed by atoms with van der Waals surface area (Å²) >= 11 is 0. The van der Waals surface area contributed by atoms with E-state index in [1.807, 2.05) is 30.3 Å². The monoisotopic (exact) mass is 339 g/mol. The van der Waals surface area contributed by atoms with E-state index in [9.17, 15) is 9.18 Å². The van der Waals surface area contributed by atoms with Gasteiger partial charge >= 0.3 is 0 Å². The molecule has 0 radical (unpaired) electrons. The highest BCUT2D eigenvalue weighted by Crippen LogP contribution is 2.30. The zero-order valence-corrected chi connectivity index (χ0v) is 14.9. The average molecular weight is 339 g/mol. The molecule has 0 spiro atoms. The van der Waals surface area contributed by atoms with Crippen LogP contribution in [-0.4, -0.2) is 12.1 Å². The molecule has 25 heavy (non-hydrogen) atoms. The van der Waals surface area contributed by atoms with Gasteiger partial charge in [-0.2, -0.15) is 0 Å². The van der Waals surface area contributed by atoms with Crippen molar-refractivity contribution in [2.45, 2.75) is 51.2 Å². The van der Waals surface area contributed by atoms with Gasteiger partial charge in [0, 0.05) is 5.92 Å². The Morgan fingerprint density at radius 2 is 1.56 bits per heavy atom. The summed E-state index contributed by atoms with van der Waals surface area (Å²) in [6.07, 6.45) is 0.647. The molecule has 0 saturated heterocycles. The lowest BCUT2D eigenvalue weighted by molar-refractivity contribution is -0.125. The second-order valence-corrected chi connectivity index (χ2v) is 7.28. The quantitative estimate of drug-likeness (QED) is 0.801. The van der Waals surface area contributed by atoms with Gasteiger partial charge in [-0.05, 0) is 41.9 Å². The molecule has 2 aromatic rings. The van der Waals surface area contributed by atoms with Crippen molar-refractivity contribution in [3.8, 4) is 0 Å². The Morgan fingerprint density at radius 1 is 0.960 bits per heavy atom. The number of amides is 1. The van der Waals surface area contributed by atoms with Gasteiger partial charge in [0.1, 0.15) is 6.17 Å². The van der Waals surface area contributed by atoms with Crippen LogP contribution in [0.2, 0.25) is 0 Å². The highest BCUT2D eigenvalue weighted by Gasteiger charge is 2.31. The third kappa shape index (κ3) is 4.28. The molecule has 1 amide bonds. The number of alkyl halides is 1. The molecule has 3 atom stereocenters. The van der Waals surface area contributed by atoms with E-state index in [1.165, 1.54) is 5.56 Å². The van der Waals surface area contributed by atoms with Crippen LogP contribution in [-0.2, 0) is 4.79 Å². The van der Waals surface area contributed by atoms with Gasteiger partial charge in [-0.15, -0.1) is 0 Å². The third-order valence-corrected chi connectivity index (χ3v) is 5.10. The minimum atomic E-state index is -0.837. The van der Waals surface area contributed by atoms with Crippen molar-refractivity contribution in [3.63, 3.8) is 0 Å². The van der Waals surface area contributed by atoms with Gasteiger partial charge in [0.15, 0.2) is 0 Å². The molecule has 0 aromatic heterocycles. The highest BCUT2D eigenvalue weighted by atomic mass is 19.1. The molecule has 3 unspecified atom stereocenters. The molecular weight excluding hydrogens is 313 g/mol. The number of carbonyl (C=O) groups excluding carboxylic acids is 1. The van der Waals surface area contributed by atoms with Crippen LogP contribution < -0.4 is 5.32 Å². The first-order chi connectivity index (χ1) is 12.0. The SMILES string of the molecule is CC(C)c1ccc(C(NC(=O)C2CCC(F)C2)c2ccccc2)cc1. The fourth-order valence-electron chi connectivity index (χ4n) is 3.50. The van der Waals surface area contributed by atoms with E-state index in [0.717, 1.165) is 11.1 Å². The van der Waals surface area contributed by atoms with Crippen molar-refractivity contribution in [2.24, 2.45) is 5.92 Å². The molecule has 0 heterocycles. The topological polar surface area (TPSA) is 29.1 Å². The summed E-state index contributed by atoms with van der Waals surface area (Å²) in [5.74, 6) is 0.219. The van der Waals surface area contributed by atoms with Crippen molar-refractivity contribution in [1.29, 1.82) is 0 Å². The Kier molecular flexibility index (Phi) is 5.52. The molecule has 0 bridgehead atoms. The predicted octanol–water partition coefficient (Wildman–Crippen LogP) is 5.15. The minimum absolute atomic E-state index is 0.0399. The van der Waals surface area contributed by atoms with Crippen molar-refractivity contribution in [3.05, 3.63) is 71.3 Å². The van der Waals surface area contributed by atoms with Crippen molar-refractivity contribution < 1.29 is 9.18 Å². The maximum atomic E-state index is 13.5. The summed E-state index contributed by atoms with van der Waals surface area (Å²) in [6, 6.07) is 18.2. The summed E-state index contributed by atoms with van der Waals surface area (Å²) in [5.41, 5.74) is 3.37. The zero-order valence-electron chi connectivity index (χ0n) is 14.9. The van der Waals surface area contributed by atoms with Gasteiger partial charge in [0.05, 0.1) is 6.04 Å². The van der Waals surface area contributed by atoms with E-state index in [1.54, 1.807) is 0 Å². The summed E-state index contributed by atoms with van der Waals surface area (Å²) in [5, 5.41) is 3.16. The van der Waals surface area contributed by atoms with E-state index in [-0.39, 0.29) is 17.9 Å². The van der Waals surface area contributed by atoms with Gasteiger partial charge in [0.25, 0.3) is 0 Å². The van der Waals surface area contributed by atoms with Crippen LogP contribution in [0, 0.1) is 5.92 Å². The predicted molar refractivity (Wildman–Crippen MR) is 99.2 cm³/mol. The molecule has 132 valence electrons. The number of rotatable bonds is 5. The molecular formula is C22H26FNO. The number of benzene rings is 2. The molecule has 1 aliphatic carbocycles. The fourth-order valence-corrected chi connectivity index (χ4v) is 3.50. The number of hydrogen-bond donors (Lipinski definition) is 1. The summed E-state index contributed by atoms with van der Waals surface area (Å²) in [6.45, 7) is 4.33. The van der Waals surface area contributed by atoms with Gasteiger partial charge < -0.3 is 5.32 Å². The zero-order chi connectivity index (χ0) is 17.8. The molecule has 2 aromatic carbocycles. The van der Waals surface area contributed by atoms with Crippen LogP contribution >= 0.6 is 0 Å². The lowest BCUT2D eigenvalue weighted by Crippen LogP contribution is -2.33. The summed E-state index contributed by atoms with van der Waals surface area (Å²) in [4.78, 5) is 12.6. The third-order valence-electron chi connectivity index (χ3n) is 5.10. The molecule has 1 aliphatic rings. The second kappa shape index (κ2) is 7.81. The van der Waals surface area contributed by atoms with E-state index < -0.39 is 6.17 Å². The molecule has 1 fully saturated rings. The first kappa shape index (κ1) is 17.7. The van der Waals surface area contributed by atoms with Gasteiger partial charge in [-0.3, -0.25) is 4.79 Å². The van der Waals surface area contributed by atoms with E-state index >= 15 is 0 Å². The molecule has 2 nitrogen and oxygen atoms in total. The summed E-state index contributed by atoms with van der Waals surface area (Å²) in [7, 11) is 0. The fraction of sp³-hybridized carbons (Fsp3) is 0.409. The average Bonchev–Trinajstić information content (AvgIpc) is 3.07. The van der Waals surface area contributed by atoms with Crippen molar-refractivity contribution in [1.82, 2.24) is 5.32 Å². The number of nitrogens with one attached hydrogen (secondary N) is 1. The lowest BCUT2D eigenvalue weighted by atomic mass is 9.94. The molecule has 0 aliphatic heterocycles. The Balaban J connectivity index is 1.84. The molecule has 1 saturated carbocycles. The van der Waals surface area contributed by atoms with Crippen molar-refractivity contribution in [2.75, 3.05) is 0 Å². The van der Waals surface area contributed by atoms with E-state index in [2.05, 4.69) is 43.4 Å². The van der Waals surface area contributed by atoms with Crippen LogP contribution in [0.3, 0.4) is 0 Å². The minimum Gasteiger partial charge on any atom is -0.345 e. The van der Waals surface area contributed by atoms with Gasteiger partial charge in [-0.25, -0.2) is 4.39 Å². The van der Waals surface area contributed by atoms with Crippen LogP contribution in [0.5, 0.6) is 0 Å².